The predicted octanol–water partition coefficient (Wildman–Crippen LogP) is 3.48. The van der Waals surface area contributed by atoms with Crippen molar-refractivity contribution in [2.75, 3.05) is 13.1 Å². The Morgan fingerprint density at radius 2 is 2.00 bits per heavy atom. The van der Waals surface area contributed by atoms with Crippen LogP contribution in [0.5, 0.6) is 0 Å². The van der Waals surface area contributed by atoms with Gasteiger partial charge >= 0.3 is 0 Å². The molecule has 0 aromatic rings. The molecule has 0 aromatic carbocycles. The summed E-state index contributed by atoms with van der Waals surface area (Å²) in [6.07, 6.45) is 6.94. The SMILES string of the molecule is ClC=C(Cl)CNCC1CCCCC1. The summed E-state index contributed by atoms with van der Waals surface area (Å²) in [6, 6.07) is 0. The third kappa shape index (κ3) is 4.90. The number of hydrogen-bond acceptors (Lipinski definition) is 1. The lowest BCUT2D eigenvalue weighted by Crippen LogP contribution is -2.25. The number of halogens is 2. The topological polar surface area (TPSA) is 12.0 Å². The minimum Gasteiger partial charge on any atom is -0.311 e. The second-order valence-electron chi connectivity index (χ2n) is 3.69. The van der Waals surface area contributed by atoms with Gasteiger partial charge in [-0.25, -0.2) is 0 Å². The van der Waals surface area contributed by atoms with Crippen molar-refractivity contribution in [2.45, 2.75) is 32.1 Å². The van der Waals surface area contributed by atoms with Crippen molar-refractivity contribution < 1.29 is 0 Å². The molecule has 76 valence electrons. The van der Waals surface area contributed by atoms with E-state index in [1.807, 2.05) is 0 Å². The lowest BCUT2D eigenvalue weighted by molar-refractivity contribution is 0.346. The van der Waals surface area contributed by atoms with Gasteiger partial charge in [0.2, 0.25) is 0 Å². The average molecular weight is 222 g/mol. The lowest BCUT2D eigenvalue weighted by Gasteiger charge is -2.21. The Morgan fingerprint density at radius 1 is 1.31 bits per heavy atom. The van der Waals surface area contributed by atoms with Crippen molar-refractivity contribution in [1.82, 2.24) is 5.32 Å². The molecule has 1 aliphatic carbocycles. The molecule has 1 N–H and O–H groups in total. The Hall–Kier alpha value is 0.280. The largest absolute Gasteiger partial charge is 0.311 e. The first kappa shape index (κ1) is 11.4. The fourth-order valence-corrected chi connectivity index (χ4v) is 2.00. The summed E-state index contributed by atoms with van der Waals surface area (Å²) in [5.41, 5.74) is 1.43. The van der Waals surface area contributed by atoms with Crippen LogP contribution in [0.1, 0.15) is 32.1 Å². The number of hydrogen-bond donors (Lipinski definition) is 1. The van der Waals surface area contributed by atoms with Crippen LogP contribution in [0, 0.1) is 5.92 Å². The molecule has 0 aliphatic heterocycles. The molecule has 0 amide bonds. The quantitative estimate of drug-likeness (QED) is 0.767. The molecular formula is C10H17Cl2N. The van der Waals surface area contributed by atoms with E-state index in [-0.39, 0.29) is 0 Å². The highest BCUT2D eigenvalue weighted by molar-refractivity contribution is 6.36. The van der Waals surface area contributed by atoms with Gasteiger partial charge in [0.05, 0.1) is 0 Å². The molecule has 0 radical (unpaired) electrons. The molecule has 0 saturated heterocycles. The summed E-state index contributed by atoms with van der Waals surface area (Å²) in [5, 5.41) is 4.01. The van der Waals surface area contributed by atoms with Crippen LogP contribution < -0.4 is 5.32 Å². The van der Waals surface area contributed by atoms with E-state index in [0.717, 1.165) is 12.5 Å². The van der Waals surface area contributed by atoms with Crippen LogP contribution >= 0.6 is 23.2 Å². The third-order valence-corrected chi connectivity index (χ3v) is 3.19. The van der Waals surface area contributed by atoms with Crippen LogP contribution in [0.15, 0.2) is 10.6 Å². The minimum absolute atomic E-state index is 0.692. The van der Waals surface area contributed by atoms with Gasteiger partial charge in [-0.2, -0.15) is 0 Å². The first-order valence-corrected chi connectivity index (χ1v) is 5.80. The Bertz CT molecular complexity index is 162. The summed E-state index contributed by atoms with van der Waals surface area (Å²) < 4.78 is 0. The maximum absolute atomic E-state index is 5.75. The summed E-state index contributed by atoms with van der Waals surface area (Å²) in [7, 11) is 0. The highest BCUT2D eigenvalue weighted by Gasteiger charge is 2.12. The van der Waals surface area contributed by atoms with Crippen molar-refractivity contribution in [1.29, 1.82) is 0 Å². The molecule has 1 fully saturated rings. The van der Waals surface area contributed by atoms with Gasteiger partial charge in [-0.05, 0) is 25.3 Å². The van der Waals surface area contributed by atoms with E-state index >= 15 is 0 Å². The van der Waals surface area contributed by atoms with Gasteiger partial charge in [0, 0.05) is 17.1 Å². The fraction of sp³-hybridized carbons (Fsp3) is 0.800. The van der Waals surface area contributed by atoms with Crippen LogP contribution in [0.3, 0.4) is 0 Å². The van der Waals surface area contributed by atoms with E-state index in [9.17, 15) is 0 Å². The highest BCUT2D eigenvalue weighted by atomic mass is 35.5. The fourth-order valence-electron chi connectivity index (χ4n) is 1.83. The normalized spacial score (nSPS) is 20.6. The van der Waals surface area contributed by atoms with Crippen LogP contribution in [-0.4, -0.2) is 13.1 Å². The summed E-state index contributed by atoms with van der Waals surface area (Å²) >= 11 is 11.2. The monoisotopic (exact) mass is 221 g/mol. The van der Waals surface area contributed by atoms with Crippen LogP contribution in [0.4, 0.5) is 0 Å². The zero-order valence-corrected chi connectivity index (χ0v) is 9.37. The van der Waals surface area contributed by atoms with Crippen LogP contribution in [-0.2, 0) is 0 Å². The third-order valence-electron chi connectivity index (χ3n) is 2.57. The van der Waals surface area contributed by atoms with Gasteiger partial charge in [-0.3, -0.25) is 0 Å². The average Bonchev–Trinajstić information content (AvgIpc) is 2.19. The van der Waals surface area contributed by atoms with Gasteiger partial charge in [0.25, 0.3) is 0 Å². The summed E-state index contributed by atoms with van der Waals surface area (Å²) in [5.74, 6) is 0.855. The minimum atomic E-state index is 0.692. The van der Waals surface area contributed by atoms with E-state index in [1.165, 1.54) is 37.6 Å². The Balaban J connectivity index is 2.04. The number of nitrogens with one attached hydrogen (secondary N) is 1. The Morgan fingerprint density at radius 3 is 2.62 bits per heavy atom. The van der Waals surface area contributed by atoms with Crippen molar-refractivity contribution in [3.8, 4) is 0 Å². The molecule has 0 atom stereocenters. The van der Waals surface area contributed by atoms with Gasteiger partial charge < -0.3 is 5.32 Å². The zero-order chi connectivity index (χ0) is 9.52. The predicted molar refractivity (Wildman–Crippen MR) is 59.2 cm³/mol. The first-order chi connectivity index (χ1) is 6.33. The van der Waals surface area contributed by atoms with Crippen molar-refractivity contribution >= 4 is 23.2 Å². The van der Waals surface area contributed by atoms with Crippen molar-refractivity contribution in [3.63, 3.8) is 0 Å². The highest BCUT2D eigenvalue weighted by Crippen LogP contribution is 2.22. The van der Waals surface area contributed by atoms with Gasteiger partial charge in [-0.1, -0.05) is 42.5 Å². The van der Waals surface area contributed by atoms with Crippen LogP contribution in [0.2, 0.25) is 0 Å². The van der Waals surface area contributed by atoms with E-state index in [4.69, 9.17) is 23.2 Å². The molecule has 1 aliphatic rings. The Kier molecular flexibility index (Phi) is 5.85. The van der Waals surface area contributed by atoms with E-state index in [2.05, 4.69) is 5.32 Å². The van der Waals surface area contributed by atoms with Crippen molar-refractivity contribution in [2.24, 2.45) is 5.92 Å². The maximum atomic E-state index is 5.75. The molecule has 13 heavy (non-hydrogen) atoms. The Labute approximate surface area is 90.5 Å². The second-order valence-corrected chi connectivity index (χ2v) is 4.39. The smallest absolute Gasteiger partial charge is 0.0431 e. The van der Waals surface area contributed by atoms with Gasteiger partial charge in [0.15, 0.2) is 0 Å². The molecule has 0 bridgehead atoms. The molecule has 0 aromatic heterocycles. The molecule has 3 heteroatoms. The first-order valence-electron chi connectivity index (χ1n) is 4.98. The molecule has 0 heterocycles. The second kappa shape index (κ2) is 6.69. The van der Waals surface area contributed by atoms with Crippen LogP contribution in [0.25, 0.3) is 0 Å². The summed E-state index contributed by atoms with van der Waals surface area (Å²) in [4.78, 5) is 0. The van der Waals surface area contributed by atoms with Gasteiger partial charge in [0.1, 0.15) is 0 Å². The standard InChI is InChI=1S/C10H17Cl2N/c11-6-10(12)8-13-7-9-4-2-1-3-5-9/h6,9,13H,1-5,7-8H2. The molecular weight excluding hydrogens is 205 g/mol. The molecule has 0 unspecified atom stereocenters. The molecule has 1 nitrogen and oxygen atoms in total. The van der Waals surface area contributed by atoms with Gasteiger partial charge in [-0.15, -0.1) is 0 Å². The zero-order valence-electron chi connectivity index (χ0n) is 7.86. The van der Waals surface area contributed by atoms with E-state index < -0.39 is 0 Å². The molecule has 1 rings (SSSR count). The summed E-state index contributed by atoms with van der Waals surface area (Å²) in [6.45, 7) is 1.79. The molecule has 1 saturated carbocycles. The lowest BCUT2D eigenvalue weighted by atomic mass is 9.89. The van der Waals surface area contributed by atoms with Crippen molar-refractivity contribution in [3.05, 3.63) is 10.6 Å². The maximum Gasteiger partial charge on any atom is 0.0431 e. The number of rotatable bonds is 4. The molecule has 0 spiro atoms. The van der Waals surface area contributed by atoms with E-state index in [1.54, 1.807) is 0 Å². The van der Waals surface area contributed by atoms with E-state index in [0.29, 0.717) is 11.6 Å².